The van der Waals surface area contributed by atoms with Gasteiger partial charge in [0.05, 0.1) is 6.61 Å². The van der Waals surface area contributed by atoms with E-state index in [2.05, 4.69) is 48.2 Å². The van der Waals surface area contributed by atoms with E-state index in [0.717, 1.165) is 31.6 Å². The standard InChI is InChI=1S/C10H15Br2NOS/c1-14-6-5-13(4-3-11)8-10-9(12)2-7-15-10/h2,7H,3-6,8H2,1H3. The first kappa shape index (κ1) is 13.6. The minimum atomic E-state index is 0.788. The van der Waals surface area contributed by atoms with Crippen LogP contribution in [0.4, 0.5) is 0 Å². The highest BCUT2D eigenvalue weighted by atomic mass is 79.9. The Bertz CT molecular complexity index is 280. The molecule has 0 saturated heterocycles. The zero-order valence-electron chi connectivity index (χ0n) is 8.71. The largest absolute Gasteiger partial charge is 0.383 e. The topological polar surface area (TPSA) is 12.5 Å². The van der Waals surface area contributed by atoms with E-state index in [1.54, 1.807) is 18.4 Å². The molecule has 0 unspecified atom stereocenters. The Balaban J connectivity index is 2.46. The lowest BCUT2D eigenvalue weighted by Crippen LogP contribution is -2.28. The van der Waals surface area contributed by atoms with Gasteiger partial charge >= 0.3 is 0 Å². The summed E-state index contributed by atoms with van der Waals surface area (Å²) < 4.78 is 6.32. The number of rotatable bonds is 7. The zero-order chi connectivity index (χ0) is 11.1. The maximum Gasteiger partial charge on any atom is 0.0589 e. The third-order valence-corrected chi connectivity index (χ3v) is 4.34. The molecule has 0 fully saturated rings. The SMILES string of the molecule is COCCN(CCBr)Cc1sccc1Br. The third-order valence-electron chi connectivity index (χ3n) is 2.07. The summed E-state index contributed by atoms with van der Waals surface area (Å²) in [5.41, 5.74) is 0. The summed E-state index contributed by atoms with van der Waals surface area (Å²) in [6.07, 6.45) is 0. The molecule has 0 bridgehead atoms. The summed E-state index contributed by atoms with van der Waals surface area (Å²) in [6, 6.07) is 2.10. The van der Waals surface area contributed by atoms with Gasteiger partial charge in [-0.15, -0.1) is 11.3 Å². The van der Waals surface area contributed by atoms with Gasteiger partial charge in [0, 0.05) is 41.4 Å². The summed E-state index contributed by atoms with van der Waals surface area (Å²) in [5.74, 6) is 0. The van der Waals surface area contributed by atoms with Crippen molar-refractivity contribution in [2.24, 2.45) is 0 Å². The lowest BCUT2D eigenvalue weighted by atomic mass is 10.4. The van der Waals surface area contributed by atoms with Crippen molar-refractivity contribution in [1.29, 1.82) is 0 Å². The Labute approximate surface area is 112 Å². The molecule has 0 atom stereocenters. The van der Waals surface area contributed by atoms with Gasteiger partial charge in [-0.3, -0.25) is 4.90 Å². The van der Waals surface area contributed by atoms with Crippen molar-refractivity contribution in [2.45, 2.75) is 6.54 Å². The Morgan fingerprint density at radius 1 is 1.47 bits per heavy atom. The Morgan fingerprint density at radius 2 is 2.27 bits per heavy atom. The molecule has 0 aliphatic heterocycles. The van der Waals surface area contributed by atoms with Gasteiger partial charge in [-0.1, -0.05) is 15.9 Å². The van der Waals surface area contributed by atoms with Crippen LogP contribution in [-0.4, -0.2) is 37.0 Å². The highest BCUT2D eigenvalue weighted by Crippen LogP contribution is 2.24. The van der Waals surface area contributed by atoms with Crippen molar-refractivity contribution in [3.63, 3.8) is 0 Å². The molecule has 86 valence electrons. The highest BCUT2D eigenvalue weighted by molar-refractivity contribution is 9.10. The van der Waals surface area contributed by atoms with Gasteiger partial charge in [0.15, 0.2) is 0 Å². The van der Waals surface area contributed by atoms with E-state index in [4.69, 9.17) is 4.74 Å². The normalized spacial score (nSPS) is 11.2. The number of hydrogen-bond acceptors (Lipinski definition) is 3. The minimum Gasteiger partial charge on any atom is -0.383 e. The predicted molar refractivity (Wildman–Crippen MR) is 73.0 cm³/mol. The first-order valence-corrected chi connectivity index (χ1v) is 7.56. The molecule has 1 rings (SSSR count). The molecule has 0 amide bonds. The van der Waals surface area contributed by atoms with Gasteiger partial charge < -0.3 is 4.74 Å². The third kappa shape index (κ3) is 4.95. The van der Waals surface area contributed by atoms with Gasteiger partial charge in [-0.05, 0) is 27.4 Å². The predicted octanol–water partition coefficient (Wildman–Crippen LogP) is 3.35. The van der Waals surface area contributed by atoms with Gasteiger partial charge in [0.1, 0.15) is 0 Å². The molecule has 1 heterocycles. The Hall–Kier alpha value is 0.580. The number of halogens is 2. The van der Waals surface area contributed by atoms with E-state index in [0.29, 0.717) is 0 Å². The van der Waals surface area contributed by atoms with Crippen molar-refractivity contribution in [2.75, 3.05) is 32.1 Å². The molecular weight excluding hydrogens is 342 g/mol. The molecule has 15 heavy (non-hydrogen) atoms. The summed E-state index contributed by atoms with van der Waals surface area (Å²) in [7, 11) is 1.74. The lowest BCUT2D eigenvalue weighted by molar-refractivity contribution is 0.149. The summed E-state index contributed by atoms with van der Waals surface area (Å²) in [4.78, 5) is 3.77. The van der Waals surface area contributed by atoms with E-state index < -0.39 is 0 Å². The van der Waals surface area contributed by atoms with Gasteiger partial charge in [0.2, 0.25) is 0 Å². The monoisotopic (exact) mass is 355 g/mol. The summed E-state index contributed by atoms with van der Waals surface area (Å²) in [5, 5.41) is 3.11. The van der Waals surface area contributed by atoms with E-state index in [9.17, 15) is 0 Å². The maximum atomic E-state index is 5.10. The molecule has 0 aromatic carbocycles. The number of thiophene rings is 1. The lowest BCUT2D eigenvalue weighted by Gasteiger charge is -2.20. The molecule has 0 aliphatic rings. The van der Waals surface area contributed by atoms with Crippen molar-refractivity contribution < 1.29 is 4.74 Å². The second kappa shape index (κ2) is 7.79. The minimum absolute atomic E-state index is 0.788. The van der Waals surface area contributed by atoms with Crippen molar-refractivity contribution in [1.82, 2.24) is 4.90 Å². The van der Waals surface area contributed by atoms with E-state index in [1.165, 1.54) is 9.35 Å². The Kier molecular flexibility index (Phi) is 7.08. The fraction of sp³-hybridized carbons (Fsp3) is 0.600. The average molecular weight is 357 g/mol. The molecule has 0 N–H and O–H groups in total. The number of alkyl halides is 1. The van der Waals surface area contributed by atoms with Crippen LogP contribution < -0.4 is 0 Å². The zero-order valence-corrected chi connectivity index (χ0v) is 12.7. The van der Waals surface area contributed by atoms with Crippen LogP contribution in [0.1, 0.15) is 4.88 Å². The van der Waals surface area contributed by atoms with E-state index in [-0.39, 0.29) is 0 Å². The second-order valence-electron chi connectivity index (χ2n) is 3.15. The molecule has 0 spiro atoms. The average Bonchev–Trinajstić information content (AvgIpc) is 2.61. The number of methoxy groups -OCH3 is 1. The first-order valence-electron chi connectivity index (χ1n) is 4.77. The van der Waals surface area contributed by atoms with Crippen LogP contribution in [0.15, 0.2) is 15.9 Å². The van der Waals surface area contributed by atoms with Crippen LogP contribution in [0.2, 0.25) is 0 Å². The van der Waals surface area contributed by atoms with Crippen LogP contribution in [0.5, 0.6) is 0 Å². The number of ether oxygens (including phenoxy) is 1. The van der Waals surface area contributed by atoms with Crippen molar-refractivity contribution >= 4 is 43.2 Å². The molecule has 1 aromatic rings. The van der Waals surface area contributed by atoms with E-state index in [1.807, 2.05) is 0 Å². The van der Waals surface area contributed by atoms with Crippen molar-refractivity contribution in [3.8, 4) is 0 Å². The first-order chi connectivity index (χ1) is 7.27. The van der Waals surface area contributed by atoms with E-state index >= 15 is 0 Å². The summed E-state index contributed by atoms with van der Waals surface area (Å²) in [6.45, 7) is 3.81. The molecule has 1 aromatic heterocycles. The second-order valence-corrected chi connectivity index (χ2v) is 5.80. The fourth-order valence-corrected chi connectivity index (χ4v) is 3.27. The van der Waals surface area contributed by atoms with Gasteiger partial charge in [0.25, 0.3) is 0 Å². The maximum absolute atomic E-state index is 5.10. The molecule has 0 radical (unpaired) electrons. The fourth-order valence-electron chi connectivity index (χ4n) is 1.25. The highest BCUT2D eigenvalue weighted by Gasteiger charge is 2.08. The molecule has 0 aliphatic carbocycles. The van der Waals surface area contributed by atoms with Gasteiger partial charge in [-0.2, -0.15) is 0 Å². The number of nitrogens with zero attached hydrogens (tertiary/aromatic N) is 1. The molecule has 5 heteroatoms. The van der Waals surface area contributed by atoms with Crippen LogP contribution >= 0.6 is 43.2 Å². The van der Waals surface area contributed by atoms with Crippen molar-refractivity contribution in [3.05, 3.63) is 20.8 Å². The molecule has 2 nitrogen and oxygen atoms in total. The smallest absolute Gasteiger partial charge is 0.0589 e. The Morgan fingerprint density at radius 3 is 2.80 bits per heavy atom. The van der Waals surface area contributed by atoms with Crippen LogP contribution in [0.25, 0.3) is 0 Å². The quantitative estimate of drug-likeness (QED) is 0.694. The molecular formula is C10H15Br2NOS. The number of hydrogen-bond donors (Lipinski definition) is 0. The van der Waals surface area contributed by atoms with Crippen LogP contribution in [0, 0.1) is 0 Å². The van der Waals surface area contributed by atoms with Crippen LogP contribution in [-0.2, 0) is 11.3 Å². The van der Waals surface area contributed by atoms with Crippen LogP contribution in [0.3, 0.4) is 0 Å². The van der Waals surface area contributed by atoms with Gasteiger partial charge in [-0.25, -0.2) is 0 Å². The molecule has 0 saturated carbocycles. The summed E-state index contributed by atoms with van der Waals surface area (Å²) >= 11 is 8.82.